The number of halogens is 3. The summed E-state index contributed by atoms with van der Waals surface area (Å²) in [5, 5.41) is 3.72. The first-order valence-electron chi connectivity index (χ1n) is 11.5. The molecule has 0 radical (unpaired) electrons. The first-order chi connectivity index (χ1) is 18.6. The zero-order valence-electron chi connectivity index (χ0n) is 20.2. The van der Waals surface area contributed by atoms with E-state index in [1.54, 1.807) is 54.6 Å². The number of ether oxygens (including phenoxy) is 1. The van der Waals surface area contributed by atoms with Crippen LogP contribution in [0.1, 0.15) is 11.3 Å². The zero-order valence-corrected chi connectivity index (χ0v) is 21.9. The second-order valence-corrected chi connectivity index (χ2v) is 10.4. The van der Waals surface area contributed by atoms with Crippen LogP contribution in [-0.4, -0.2) is 37.3 Å². The highest BCUT2D eigenvalue weighted by atomic mass is 32.2. The summed E-state index contributed by atoms with van der Waals surface area (Å²) < 4.78 is 77.1. The van der Waals surface area contributed by atoms with Crippen molar-refractivity contribution in [3.63, 3.8) is 0 Å². The van der Waals surface area contributed by atoms with E-state index in [1.807, 2.05) is 0 Å². The van der Waals surface area contributed by atoms with Gasteiger partial charge in [0.15, 0.2) is 12.4 Å². The van der Waals surface area contributed by atoms with Gasteiger partial charge in [0.25, 0.3) is 0 Å². The van der Waals surface area contributed by atoms with Crippen molar-refractivity contribution in [2.45, 2.75) is 23.5 Å². The number of aromatic nitrogens is 2. The van der Waals surface area contributed by atoms with Crippen LogP contribution in [-0.2, 0) is 27.4 Å². The maximum Gasteiger partial charge on any atom is 0.435 e. The monoisotopic (exact) mass is 576 g/mol. The molecule has 1 atom stereocenters. The van der Waals surface area contributed by atoms with E-state index in [1.165, 1.54) is 24.3 Å². The Labute approximate surface area is 228 Å². The number of nitrogens with one attached hydrogen (secondary N) is 2. The predicted octanol–water partition coefficient (Wildman–Crippen LogP) is 4.42. The molecule has 0 aliphatic rings. The fourth-order valence-corrected chi connectivity index (χ4v) is 4.70. The largest absolute Gasteiger partial charge is 0.477 e. The van der Waals surface area contributed by atoms with E-state index in [4.69, 9.17) is 4.74 Å². The van der Waals surface area contributed by atoms with Crippen molar-refractivity contribution in [3.05, 3.63) is 96.2 Å². The van der Waals surface area contributed by atoms with Crippen LogP contribution in [0.2, 0.25) is 0 Å². The lowest BCUT2D eigenvalue weighted by molar-refractivity contribution is -0.141. The molecule has 1 heterocycles. The number of thiol groups is 1. The molecule has 0 spiro atoms. The third kappa shape index (κ3) is 7.06. The quantitative estimate of drug-likeness (QED) is 0.139. The van der Waals surface area contributed by atoms with Gasteiger partial charge in [-0.2, -0.15) is 23.0 Å². The third-order valence-corrected chi connectivity index (χ3v) is 7.38. The summed E-state index contributed by atoms with van der Waals surface area (Å²) in [6.45, 7) is -0.356. The maximum atomic E-state index is 13.4. The molecule has 1 unspecified atom stereocenters. The van der Waals surface area contributed by atoms with Crippen LogP contribution in [0.4, 0.5) is 13.2 Å². The number of nitrogens with zero attached hydrogens (tertiary/aromatic N) is 2. The van der Waals surface area contributed by atoms with Gasteiger partial charge in [0.1, 0.15) is 12.0 Å². The van der Waals surface area contributed by atoms with Crippen molar-refractivity contribution < 1.29 is 31.1 Å². The molecule has 2 N–H and O–H groups in total. The van der Waals surface area contributed by atoms with Crippen LogP contribution in [0.15, 0.2) is 89.8 Å². The molecule has 0 aliphatic heterocycles. The molecule has 204 valence electrons. The molecular formula is C26H23F3N4O4S2. The van der Waals surface area contributed by atoms with Gasteiger partial charge in [-0.1, -0.05) is 55.3 Å². The molecule has 0 bridgehead atoms. The van der Waals surface area contributed by atoms with E-state index >= 15 is 0 Å². The molecule has 0 fully saturated rings. The van der Waals surface area contributed by atoms with E-state index in [0.29, 0.717) is 17.7 Å². The fraction of sp³-hybridized carbons (Fsp3) is 0.154. The Morgan fingerprint density at radius 1 is 1.00 bits per heavy atom. The molecule has 39 heavy (non-hydrogen) atoms. The van der Waals surface area contributed by atoms with Gasteiger partial charge in [-0.25, -0.2) is 13.1 Å². The Bertz CT molecular complexity index is 1510. The summed E-state index contributed by atoms with van der Waals surface area (Å²) in [6, 6.07) is 21.0. The number of benzene rings is 3. The van der Waals surface area contributed by atoms with Crippen LogP contribution in [0, 0.1) is 0 Å². The molecular weight excluding hydrogens is 553 g/mol. The van der Waals surface area contributed by atoms with Gasteiger partial charge in [-0.3, -0.25) is 4.72 Å². The van der Waals surface area contributed by atoms with Crippen LogP contribution < -0.4 is 14.2 Å². The highest BCUT2D eigenvalue weighted by molar-refractivity contribution is 7.89. The molecule has 4 aromatic rings. The Morgan fingerprint density at radius 2 is 1.67 bits per heavy atom. The normalized spacial score (nSPS) is 12.7. The van der Waals surface area contributed by atoms with Crippen molar-refractivity contribution in [3.8, 4) is 22.7 Å². The van der Waals surface area contributed by atoms with Crippen molar-refractivity contribution in [2.75, 3.05) is 6.73 Å². The number of sulfonamides is 1. The molecule has 13 heteroatoms. The highest BCUT2D eigenvalue weighted by Gasteiger charge is 2.35. The van der Waals surface area contributed by atoms with Crippen LogP contribution in [0.3, 0.4) is 0 Å². The lowest BCUT2D eigenvalue weighted by Crippen LogP contribution is -2.28. The van der Waals surface area contributed by atoms with E-state index in [-0.39, 0.29) is 23.0 Å². The first kappa shape index (κ1) is 28.4. The van der Waals surface area contributed by atoms with Gasteiger partial charge in [-0.15, -0.1) is 0 Å². The predicted molar refractivity (Wildman–Crippen MR) is 142 cm³/mol. The fourth-order valence-electron chi connectivity index (χ4n) is 3.67. The number of hydrogen-bond acceptors (Lipinski definition) is 7. The Hall–Kier alpha value is -3.65. The van der Waals surface area contributed by atoms with Crippen molar-refractivity contribution in [2.24, 2.45) is 0 Å². The van der Waals surface area contributed by atoms with Crippen LogP contribution in [0.5, 0.6) is 5.75 Å². The van der Waals surface area contributed by atoms with Crippen LogP contribution in [0.25, 0.3) is 16.9 Å². The van der Waals surface area contributed by atoms with Gasteiger partial charge in [0, 0.05) is 5.56 Å². The average molecular weight is 577 g/mol. The van der Waals surface area contributed by atoms with Gasteiger partial charge in [0.05, 0.1) is 22.3 Å². The minimum atomic E-state index is -4.65. The summed E-state index contributed by atoms with van der Waals surface area (Å²) >= 11 is 3.89. The molecule has 1 aromatic heterocycles. The number of hydrogen-bond donors (Lipinski definition) is 3. The summed E-state index contributed by atoms with van der Waals surface area (Å²) in [6.07, 6.45) is -3.47. The van der Waals surface area contributed by atoms with Crippen LogP contribution >= 0.6 is 12.8 Å². The number of alkyl halides is 3. The van der Waals surface area contributed by atoms with E-state index < -0.39 is 27.9 Å². The standard InChI is InChI=1S/C26H23F3N4O4S2/c27-26(28,29)25-15-24(19-4-2-1-3-5-19)33(31-25)21-8-12-23(13-9-21)39(35,36)30-17-37-22-10-6-18(7-11-22)14-20(16-34)32-38/h1-13,15-16,20,30,32,38H,14,17H2. The van der Waals surface area contributed by atoms with Gasteiger partial charge in [0.2, 0.25) is 10.0 Å². The van der Waals surface area contributed by atoms with Gasteiger partial charge >= 0.3 is 6.18 Å². The number of carbonyl (C=O) groups is 1. The van der Waals surface area contributed by atoms with Crippen molar-refractivity contribution in [1.82, 2.24) is 19.2 Å². The van der Waals surface area contributed by atoms with Crippen molar-refractivity contribution >= 4 is 29.1 Å². The minimum Gasteiger partial charge on any atom is -0.477 e. The van der Waals surface area contributed by atoms with Gasteiger partial charge in [-0.05, 0) is 54.4 Å². The van der Waals surface area contributed by atoms with E-state index in [9.17, 15) is 26.4 Å². The van der Waals surface area contributed by atoms with Gasteiger partial charge < -0.3 is 9.53 Å². The summed E-state index contributed by atoms with van der Waals surface area (Å²) in [5.41, 5.74) is 0.777. The summed E-state index contributed by atoms with van der Waals surface area (Å²) in [5.74, 6) is 0.408. The first-order valence-corrected chi connectivity index (χ1v) is 13.4. The second kappa shape index (κ2) is 12.0. The van der Waals surface area contributed by atoms with Crippen molar-refractivity contribution in [1.29, 1.82) is 0 Å². The smallest absolute Gasteiger partial charge is 0.435 e. The maximum absolute atomic E-state index is 13.4. The van der Waals surface area contributed by atoms with E-state index in [0.717, 1.165) is 22.6 Å². The minimum absolute atomic E-state index is 0.103. The average Bonchev–Trinajstić information content (AvgIpc) is 3.39. The molecule has 0 saturated heterocycles. The zero-order chi connectivity index (χ0) is 28.0. The molecule has 0 amide bonds. The second-order valence-electron chi connectivity index (χ2n) is 8.34. The molecule has 0 saturated carbocycles. The molecule has 4 rings (SSSR count). The summed E-state index contributed by atoms with van der Waals surface area (Å²) in [4.78, 5) is 10.8. The molecule has 0 aliphatic carbocycles. The number of rotatable bonds is 11. The Kier molecular flexibility index (Phi) is 8.75. The lowest BCUT2D eigenvalue weighted by atomic mass is 10.1. The Morgan fingerprint density at radius 3 is 2.26 bits per heavy atom. The topological polar surface area (TPSA) is 102 Å². The summed E-state index contributed by atoms with van der Waals surface area (Å²) in [7, 11) is -3.98. The number of carbonyl (C=O) groups excluding carboxylic acids is 1. The Balaban J connectivity index is 1.45. The van der Waals surface area contributed by atoms with E-state index in [2.05, 4.69) is 27.4 Å². The number of aldehydes is 1. The highest BCUT2D eigenvalue weighted by Crippen LogP contribution is 2.33. The lowest BCUT2D eigenvalue weighted by Gasteiger charge is -2.12. The SMILES string of the molecule is O=CC(Cc1ccc(OCNS(=O)(=O)c2ccc(-n3nc(C(F)(F)F)cc3-c3ccccc3)cc2)cc1)NS. The molecule has 8 nitrogen and oxygen atoms in total. The third-order valence-electron chi connectivity index (χ3n) is 5.66. The molecule has 3 aromatic carbocycles.